The van der Waals surface area contributed by atoms with E-state index in [1.54, 1.807) is 44.2 Å². The lowest BCUT2D eigenvalue weighted by atomic mass is 10.2. The van der Waals surface area contributed by atoms with E-state index in [1.165, 1.54) is 6.21 Å². The van der Waals surface area contributed by atoms with Gasteiger partial charge < -0.3 is 10.1 Å². The highest BCUT2D eigenvalue weighted by molar-refractivity contribution is 6.35. The normalized spacial score (nSPS) is 10.4. The molecule has 2 N–H and O–H groups in total. The van der Waals surface area contributed by atoms with Gasteiger partial charge in [0.15, 0.2) is 0 Å². The second-order valence-corrected chi connectivity index (χ2v) is 4.50. The van der Waals surface area contributed by atoms with E-state index in [1.807, 2.05) is 0 Å². The van der Waals surface area contributed by atoms with Gasteiger partial charge in [-0.25, -0.2) is 5.43 Å². The molecule has 0 aliphatic rings. The molecule has 2 amide bonds. The first-order valence-electron chi connectivity index (χ1n) is 6.50. The fraction of sp³-hybridized carbons (Fsp3) is 0.267. The maximum absolute atomic E-state index is 11.4. The van der Waals surface area contributed by atoms with Gasteiger partial charge in [-0.15, -0.1) is 0 Å². The smallest absolute Gasteiger partial charge is 0.329 e. The number of hydrogen-bond donors (Lipinski definition) is 2. The summed E-state index contributed by atoms with van der Waals surface area (Å²) in [7, 11) is 0. The molecular formula is C15H19N3O3. The van der Waals surface area contributed by atoms with Crippen LogP contribution >= 0.6 is 0 Å². The monoisotopic (exact) mass is 289 g/mol. The molecule has 0 saturated carbocycles. The second-order valence-electron chi connectivity index (χ2n) is 4.50. The van der Waals surface area contributed by atoms with Gasteiger partial charge in [0.1, 0.15) is 12.4 Å². The second kappa shape index (κ2) is 8.52. The first-order chi connectivity index (χ1) is 10.0. The Labute approximate surface area is 123 Å². The molecule has 0 fully saturated rings. The van der Waals surface area contributed by atoms with E-state index in [4.69, 9.17) is 4.74 Å². The quantitative estimate of drug-likeness (QED) is 0.358. The van der Waals surface area contributed by atoms with Crippen LogP contribution in [0.25, 0.3) is 0 Å². The highest BCUT2D eigenvalue weighted by Gasteiger charge is 2.12. The van der Waals surface area contributed by atoms with Gasteiger partial charge >= 0.3 is 11.8 Å². The Morgan fingerprint density at radius 2 is 1.95 bits per heavy atom. The molecule has 0 aliphatic carbocycles. The largest absolute Gasteiger partial charge is 0.490 e. The minimum absolute atomic E-state index is 0.102. The Kier molecular flexibility index (Phi) is 6.67. The lowest BCUT2D eigenvalue weighted by molar-refractivity contribution is -0.139. The van der Waals surface area contributed by atoms with E-state index in [-0.39, 0.29) is 6.04 Å². The van der Waals surface area contributed by atoms with E-state index >= 15 is 0 Å². The number of nitrogens with zero attached hydrogens (tertiary/aromatic N) is 1. The molecule has 1 rings (SSSR count). The molecule has 0 saturated heterocycles. The van der Waals surface area contributed by atoms with Crippen LogP contribution in [0.15, 0.2) is 42.0 Å². The Balaban J connectivity index is 2.47. The number of hydrazone groups is 1. The van der Waals surface area contributed by atoms with E-state index in [9.17, 15) is 9.59 Å². The van der Waals surface area contributed by atoms with Gasteiger partial charge in [0.2, 0.25) is 0 Å². The molecule has 0 aromatic heterocycles. The van der Waals surface area contributed by atoms with Crippen molar-refractivity contribution in [2.45, 2.75) is 19.9 Å². The van der Waals surface area contributed by atoms with Gasteiger partial charge in [0.25, 0.3) is 0 Å². The number of hydrogen-bond acceptors (Lipinski definition) is 4. The van der Waals surface area contributed by atoms with Crippen molar-refractivity contribution in [3.63, 3.8) is 0 Å². The van der Waals surface area contributed by atoms with Gasteiger partial charge in [0.05, 0.1) is 6.21 Å². The van der Waals surface area contributed by atoms with Crippen LogP contribution in [-0.4, -0.2) is 30.7 Å². The fourth-order valence-electron chi connectivity index (χ4n) is 1.35. The van der Waals surface area contributed by atoms with Gasteiger partial charge in [-0.3, -0.25) is 9.59 Å². The van der Waals surface area contributed by atoms with E-state index in [0.29, 0.717) is 12.4 Å². The summed E-state index contributed by atoms with van der Waals surface area (Å²) in [6, 6.07) is 7.01. The van der Waals surface area contributed by atoms with E-state index < -0.39 is 11.8 Å². The van der Waals surface area contributed by atoms with Crippen molar-refractivity contribution >= 4 is 18.0 Å². The Morgan fingerprint density at radius 3 is 2.52 bits per heavy atom. The average Bonchev–Trinajstić information content (AvgIpc) is 2.45. The third-order valence-electron chi connectivity index (χ3n) is 2.25. The van der Waals surface area contributed by atoms with Crippen molar-refractivity contribution in [3.8, 4) is 5.75 Å². The summed E-state index contributed by atoms with van der Waals surface area (Å²) in [6.07, 6.45) is 3.10. The maximum Gasteiger partial charge on any atom is 0.329 e. The van der Waals surface area contributed by atoms with Crippen LogP contribution in [0.5, 0.6) is 5.75 Å². The number of benzene rings is 1. The minimum Gasteiger partial charge on any atom is -0.490 e. The summed E-state index contributed by atoms with van der Waals surface area (Å²) >= 11 is 0. The highest BCUT2D eigenvalue weighted by Crippen LogP contribution is 2.10. The number of amides is 2. The van der Waals surface area contributed by atoms with Crippen LogP contribution in [0, 0.1) is 0 Å². The number of carbonyl (C=O) groups is 2. The highest BCUT2D eigenvalue weighted by atomic mass is 16.5. The molecule has 0 atom stereocenters. The Hall–Kier alpha value is -2.63. The zero-order chi connectivity index (χ0) is 15.7. The van der Waals surface area contributed by atoms with E-state index in [0.717, 1.165) is 5.56 Å². The van der Waals surface area contributed by atoms with E-state index in [2.05, 4.69) is 22.4 Å². The molecule has 0 spiro atoms. The standard InChI is InChI=1S/C15H19N3O3/c1-4-9-21-13-7-5-12(6-8-13)10-16-18-15(20)14(19)17-11(2)3/h4-8,10-11H,1,9H2,2-3H3,(H,17,19)(H,18,20). The SMILES string of the molecule is C=CCOc1ccc(C=NNC(=O)C(=O)NC(C)C)cc1. The van der Waals surface area contributed by atoms with Gasteiger partial charge in [0, 0.05) is 6.04 Å². The maximum atomic E-state index is 11.4. The lowest BCUT2D eigenvalue weighted by Gasteiger charge is -2.06. The number of nitrogens with one attached hydrogen (secondary N) is 2. The third kappa shape index (κ3) is 6.38. The van der Waals surface area contributed by atoms with Crippen molar-refractivity contribution in [1.29, 1.82) is 0 Å². The average molecular weight is 289 g/mol. The van der Waals surface area contributed by atoms with Crippen LogP contribution < -0.4 is 15.5 Å². The van der Waals surface area contributed by atoms with Crippen molar-refractivity contribution < 1.29 is 14.3 Å². The van der Waals surface area contributed by atoms with Crippen molar-refractivity contribution in [3.05, 3.63) is 42.5 Å². The predicted molar refractivity (Wildman–Crippen MR) is 81.1 cm³/mol. The molecule has 21 heavy (non-hydrogen) atoms. The molecule has 1 aromatic rings. The van der Waals surface area contributed by atoms with Crippen molar-refractivity contribution in [2.75, 3.05) is 6.61 Å². The molecular weight excluding hydrogens is 270 g/mol. The Bertz CT molecular complexity index is 521. The molecule has 6 heteroatoms. The van der Waals surface area contributed by atoms with Gasteiger partial charge in [-0.1, -0.05) is 12.7 Å². The third-order valence-corrected chi connectivity index (χ3v) is 2.25. The van der Waals surface area contributed by atoms with Crippen LogP contribution in [0.3, 0.4) is 0 Å². The zero-order valence-corrected chi connectivity index (χ0v) is 12.1. The number of rotatable bonds is 6. The Morgan fingerprint density at radius 1 is 1.29 bits per heavy atom. The summed E-state index contributed by atoms with van der Waals surface area (Å²) in [4.78, 5) is 22.7. The molecule has 0 aliphatic heterocycles. The summed E-state index contributed by atoms with van der Waals surface area (Å²) in [5.41, 5.74) is 2.93. The summed E-state index contributed by atoms with van der Waals surface area (Å²) in [5, 5.41) is 6.19. The molecule has 0 bridgehead atoms. The van der Waals surface area contributed by atoms with Crippen molar-refractivity contribution in [1.82, 2.24) is 10.7 Å². The van der Waals surface area contributed by atoms with Crippen molar-refractivity contribution in [2.24, 2.45) is 5.10 Å². The zero-order valence-electron chi connectivity index (χ0n) is 12.1. The van der Waals surface area contributed by atoms with Crippen LogP contribution in [0.1, 0.15) is 19.4 Å². The summed E-state index contributed by atoms with van der Waals surface area (Å²) in [6.45, 7) is 7.54. The molecule has 0 radical (unpaired) electrons. The molecule has 0 heterocycles. The summed E-state index contributed by atoms with van der Waals surface area (Å²) in [5.74, 6) is -0.798. The minimum atomic E-state index is -0.800. The topological polar surface area (TPSA) is 79.8 Å². The fourth-order valence-corrected chi connectivity index (χ4v) is 1.35. The predicted octanol–water partition coefficient (Wildman–Crippen LogP) is 1.23. The molecule has 112 valence electrons. The van der Waals surface area contributed by atoms with Crippen LogP contribution in [0.2, 0.25) is 0 Å². The number of ether oxygens (including phenoxy) is 1. The number of carbonyl (C=O) groups excluding carboxylic acids is 2. The lowest BCUT2D eigenvalue weighted by Crippen LogP contribution is -2.41. The van der Waals surface area contributed by atoms with Gasteiger partial charge in [-0.05, 0) is 43.7 Å². The summed E-state index contributed by atoms with van der Waals surface area (Å²) < 4.78 is 5.34. The van der Waals surface area contributed by atoms with Crippen LogP contribution in [-0.2, 0) is 9.59 Å². The first-order valence-corrected chi connectivity index (χ1v) is 6.50. The first kappa shape index (κ1) is 16.4. The molecule has 1 aromatic carbocycles. The molecule has 0 unspecified atom stereocenters. The van der Waals surface area contributed by atoms with Crippen LogP contribution in [0.4, 0.5) is 0 Å². The molecule has 6 nitrogen and oxygen atoms in total. The van der Waals surface area contributed by atoms with Gasteiger partial charge in [-0.2, -0.15) is 5.10 Å².